The first kappa shape index (κ1) is 13.7. The van der Waals surface area contributed by atoms with E-state index in [0.29, 0.717) is 19.3 Å². The molecule has 0 heterocycles. The second kappa shape index (κ2) is 4.47. The van der Waals surface area contributed by atoms with Crippen molar-refractivity contribution < 1.29 is 15.3 Å². The van der Waals surface area contributed by atoms with Gasteiger partial charge in [0, 0.05) is 5.41 Å². The summed E-state index contributed by atoms with van der Waals surface area (Å²) in [5.74, 6) is 0. The second-order valence-electron chi connectivity index (χ2n) is 5.75. The molecule has 3 N–H and O–H groups in total. The topological polar surface area (TPSA) is 60.7 Å². The van der Waals surface area contributed by atoms with Crippen LogP contribution < -0.4 is 0 Å². The average molecular weight is 228 g/mol. The lowest BCUT2D eigenvalue weighted by molar-refractivity contribution is -0.0759. The van der Waals surface area contributed by atoms with Gasteiger partial charge in [0.2, 0.25) is 0 Å². The summed E-state index contributed by atoms with van der Waals surface area (Å²) in [4.78, 5) is 0. The highest BCUT2D eigenvalue weighted by Crippen LogP contribution is 2.46. The smallest absolute Gasteiger partial charge is 0.0907 e. The number of aliphatic hydroxyl groups excluding tert-OH is 2. The summed E-state index contributed by atoms with van der Waals surface area (Å²) in [7, 11) is 0. The Kier molecular flexibility index (Phi) is 3.83. The van der Waals surface area contributed by atoms with Gasteiger partial charge in [0.1, 0.15) is 0 Å². The molecule has 16 heavy (non-hydrogen) atoms. The van der Waals surface area contributed by atoms with Gasteiger partial charge in [-0.3, -0.25) is 0 Å². The molecule has 0 unspecified atom stereocenters. The van der Waals surface area contributed by atoms with E-state index in [1.807, 2.05) is 20.8 Å². The summed E-state index contributed by atoms with van der Waals surface area (Å²) in [6, 6.07) is 0. The molecule has 0 aliphatic heterocycles. The summed E-state index contributed by atoms with van der Waals surface area (Å²) in [6.45, 7) is 7.52. The van der Waals surface area contributed by atoms with E-state index in [0.717, 1.165) is 5.57 Å². The van der Waals surface area contributed by atoms with Crippen molar-refractivity contribution >= 4 is 0 Å². The fourth-order valence-electron chi connectivity index (χ4n) is 2.66. The number of rotatable bonds is 3. The van der Waals surface area contributed by atoms with Gasteiger partial charge < -0.3 is 15.3 Å². The van der Waals surface area contributed by atoms with Crippen molar-refractivity contribution in [3.8, 4) is 0 Å². The van der Waals surface area contributed by atoms with E-state index in [2.05, 4.69) is 0 Å². The van der Waals surface area contributed by atoms with Crippen molar-refractivity contribution in [1.29, 1.82) is 0 Å². The Morgan fingerprint density at radius 1 is 1.50 bits per heavy atom. The minimum Gasteiger partial charge on any atom is -0.393 e. The lowest BCUT2D eigenvalue weighted by Gasteiger charge is -2.48. The Hall–Kier alpha value is -0.380. The Balaban J connectivity index is 2.93. The zero-order valence-electron chi connectivity index (χ0n) is 10.7. The van der Waals surface area contributed by atoms with Crippen molar-refractivity contribution in [3.05, 3.63) is 11.6 Å². The normalized spacial score (nSPS) is 35.7. The molecular formula is C13H24O3. The van der Waals surface area contributed by atoms with Gasteiger partial charge in [0.05, 0.1) is 17.8 Å². The van der Waals surface area contributed by atoms with Gasteiger partial charge in [-0.1, -0.05) is 19.9 Å². The number of hydrogen-bond donors (Lipinski definition) is 3. The van der Waals surface area contributed by atoms with Crippen LogP contribution >= 0.6 is 0 Å². The Morgan fingerprint density at radius 2 is 2.06 bits per heavy atom. The highest BCUT2D eigenvalue weighted by atomic mass is 16.3. The molecule has 0 aromatic carbocycles. The molecule has 1 aliphatic rings. The third-order valence-electron chi connectivity index (χ3n) is 3.86. The van der Waals surface area contributed by atoms with Gasteiger partial charge in [-0.2, -0.15) is 0 Å². The van der Waals surface area contributed by atoms with Crippen LogP contribution in [0.5, 0.6) is 0 Å². The molecule has 3 atom stereocenters. The largest absolute Gasteiger partial charge is 0.393 e. The van der Waals surface area contributed by atoms with Crippen LogP contribution in [0.2, 0.25) is 0 Å². The molecule has 94 valence electrons. The summed E-state index contributed by atoms with van der Waals surface area (Å²) < 4.78 is 0. The Labute approximate surface area is 97.8 Å². The van der Waals surface area contributed by atoms with Crippen LogP contribution in [0.4, 0.5) is 0 Å². The van der Waals surface area contributed by atoms with E-state index in [1.165, 1.54) is 0 Å². The Bertz CT molecular complexity index is 281. The maximum absolute atomic E-state index is 10.7. The maximum atomic E-state index is 10.7. The molecule has 0 bridgehead atoms. The highest BCUT2D eigenvalue weighted by molar-refractivity contribution is 5.25. The second-order valence-corrected chi connectivity index (χ2v) is 5.75. The molecular weight excluding hydrogens is 204 g/mol. The van der Waals surface area contributed by atoms with Crippen LogP contribution in [0.3, 0.4) is 0 Å². The molecule has 0 aromatic heterocycles. The van der Waals surface area contributed by atoms with Crippen LogP contribution in [0.1, 0.15) is 47.0 Å². The van der Waals surface area contributed by atoms with Crippen LogP contribution in [-0.4, -0.2) is 33.1 Å². The first-order valence-electron chi connectivity index (χ1n) is 5.96. The summed E-state index contributed by atoms with van der Waals surface area (Å²) in [5, 5.41) is 29.8. The van der Waals surface area contributed by atoms with Crippen molar-refractivity contribution in [2.45, 2.75) is 64.8 Å². The minimum atomic E-state index is -0.913. The maximum Gasteiger partial charge on any atom is 0.0907 e. The van der Waals surface area contributed by atoms with E-state index in [4.69, 9.17) is 0 Å². The summed E-state index contributed by atoms with van der Waals surface area (Å²) in [6.07, 6.45) is 2.52. The van der Waals surface area contributed by atoms with E-state index < -0.39 is 17.8 Å². The quantitative estimate of drug-likeness (QED) is 0.643. The fourth-order valence-corrected chi connectivity index (χ4v) is 2.66. The molecule has 0 aromatic rings. The first-order chi connectivity index (χ1) is 7.19. The average Bonchev–Trinajstić information content (AvgIpc) is 2.10. The summed E-state index contributed by atoms with van der Waals surface area (Å²) >= 11 is 0. The molecule has 1 rings (SSSR count). The van der Waals surface area contributed by atoms with E-state index in [9.17, 15) is 15.3 Å². The molecule has 0 fully saturated rings. The van der Waals surface area contributed by atoms with Crippen molar-refractivity contribution in [2.75, 3.05) is 0 Å². The lowest BCUT2D eigenvalue weighted by Crippen LogP contribution is -2.50. The van der Waals surface area contributed by atoms with Gasteiger partial charge in [-0.05, 0) is 38.7 Å². The molecule has 0 radical (unpaired) electrons. The molecule has 0 spiro atoms. The summed E-state index contributed by atoms with van der Waals surface area (Å²) in [5.41, 5.74) is -0.458. The molecule has 0 amide bonds. The van der Waals surface area contributed by atoms with Gasteiger partial charge in [0.25, 0.3) is 0 Å². The van der Waals surface area contributed by atoms with E-state index in [1.54, 1.807) is 13.0 Å². The third-order valence-corrected chi connectivity index (χ3v) is 3.86. The van der Waals surface area contributed by atoms with Gasteiger partial charge in [-0.25, -0.2) is 0 Å². The zero-order chi connectivity index (χ0) is 12.6. The predicted molar refractivity (Wildman–Crippen MR) is 64.0 cm³/mol. The first-order valence-corrected chi connectivity index (χ1v) is 5.96. The van der Waals surface area contributed by atoms with Crippen LogP contribution in [-0.2, 0) is 0 Å². The number of aliphatic hydroxyl groups is 3. The van der Waals surface area contributed by atoms with Gasteiger partial charge >= 0.3 is 0 Å². The predicted octanol–water partition coefficient (Wildman–Crippen LogP) is 1.62. The SMILES string of the molecule is CC1=C[C@@H](O)CC(C)(C)[C@@]1(O)CC[C@@H](C)O. The molecule has 1 aliphatic carbocycles. The molecule has 0 saturated heterocycles. The standard InChI is InChI=1S/C13H24O3/c1-9-7-11(15)8-12(3,4)13(9,16)6-5-10(2)14/h7,10-11,14-16H,5-6,8H2,1-4H3/t10-,11-,13-/m1/s1. The lowest BCUT2D eigenvalue weighted by atomic mass is 9.62. The van der Waals surface area contributed by atoms with Crippen LogP contribution in [0, 0.1) is 5.41 Å². The Morgan fingerprint density at radius 3 is 2.50 bits per heavy atom. The van der Waals surface area contributed by atoms with Gasteiger partial charge in [0.15, 0.2) is 0 Å². The van der Waals surface area contributed by atoms with Crippen molar-refractivity contribution in [2.24, 2.45) is 5.41 Å². The van der Waals surface area contributed by atoms with Crippen LogP contribution in [0.15, 0.2) is 11.6 Å². The molecule has 0 saturated carbocycles. The highest BCUT2D eigenvalue weighted by Gasteiger charge is 2.47. The fraction of sp³-hybridized carbons (Fsp3) is 0.846. The monoisotopic (exact) mass is 228 g/mol. The van der Waals surface area contributed by atoms with E-state index in [-0.39, 0.29) is 5.41 Å². The zero-order valence-corrected chi connectivity index (χ0v) is 10.7. The van der Waals surface area contributed by atoms with E-state index >= 15 is 0 Å². The molecule has 3 nitrogen and oxygen atoms in total. The third kappa shape index (κ3) is 2.47. The van der Waals surface area contributed by atoms with Crippen molar-refractivity contribution in [1.82, 2.24) is 0 Å². The minimum absolute atomic E-state index is 0.361. The van der Waals surface area contributed by atoms with Gasteiger partial charge in [-0.15, -0.1) is 0 Å². The van der Waals surface area contributed by atoms with Crippen molar-refractivity contribution in [3.63, 3.8) is 0 Å². The number of hydrogen-bond acceptors (Lipinski definition) is 3. The molecule has 3 heteroatoms. The van der Waals surface area contributed by atoms with Crippen LogP contribution in [0.25, 0.3) is 0 Å².